The molecule has 2 aromatic heterocycles. The van der Waals surface area contributed by atoms with Crippen molar-refractivity contribution < 1.29 is 9.53 Å². The number of carbonyl (C=O) groups excluding carboxylic acids is 1. The first kappa shape index (κ1) is 18.4. The number of nitrogens with one attached hydrogen (secondary N) is 1. The molecule has 4 aromatic rings. The lowest BCUT2D eigenvalue weighted by Gasteiger charge is -2.12. The first-order valence-electron chi connectivity index (χ1n) is 8.97. The molecule has 0 saturated carbocycles. The minimum Gasteiger partial charge on any atom is -0.467 e. The van der Waals surface area contributed by atoms with E-state index in [-0.39, 0.29) is 5.97 Å². The second kappa shape index (κ2) is 7.23. The second-order valence-electron chi connectivity index (χ2n) is 6.55. The Morgan fingerprint density at radius 3 is 2.55 bits per heavy atom. The molecule has 0 aliphatic heterocycles. The molecule has 8 heteroatoms. The highest BCUT2D eigenvalue weighted by molar-refractivity contribution is 6.00. The van der Waals surface area contributed by atoms with Crippen LogP contribution in [0.5, 0.6) is 0 Å². The number of hydrogen-bond donors (Lipinski definition) is 1. The van der Waals surface area contributed by atoms with E-state index in [1.54, 1.807) is 42.0 Å². The molecule has 0 saturated heterocycles. The summed E-state index contributed by atoms with van der Waals surface area (Å²) < 4.78 is 7.41. The van der Waals surface area contributed by atoms with Crippen molar-refractivity contribution in [2.75, 3.05) is 7.11 Å². The van der Waals surface area contributed by atoms with E-state index >= 15 is 0 Å². The van der Waals surface area contributed by atoms with Gasteiger partial charge in [-0.15, -0.1) is 4.68 Å². The van der Waals surface area contributed by atoms with Crippen molar-refractivity contribution in [2.45, 2.75) is 13.0 Å². The Bertz CT molecular complexity index is 1380. The van der Waals surface area contributed by atoms with Gasteiger partial charge in [0.1, 0.15) is 6.04 Å². The van der Waals surface area contributed by atoms with Gasteiger partial charge in [-0.05, 0) is 25.1 Å². The molecular formula is C21H18N4O4. The van der Waals surface area contributed by atoms with Gasteiger partial charge in [0.05, 0.1) is 24.2 Å². The van der Waals surface area contributed by atoms with Crippen molar-refractivity contribution in [1.82, 2.24) is 14.2 Å². The lowest BCUT2D eigenvalue weighted by molar-refractivity contribution is -0.143. The zero-order valence-corrected chi connectivity index (χ0v) is 15.8. The van der Waals surface area contributed by atoms with Crippen molar-refractivity contribution in [3.05, 3.63) is 81.1 Å². The molecule has 1 atom stereocenters. The molecule has 1 N–H and O–H groups in total. The highest BCUT2D eigenvalue weighted by Gasteiger charge is 2.18. The van der Waals surface area contributed by atoms with E-state index in [1.165, 1.54) is 13.3 Å². The zero-order valence-electron chi connectivity index (χ0n) is 15.8. The number of carbonyl (C=O) groups is 1. The maximum absolute atomic E-state index is 12.6. The number of nitrogens with zero attached hydrogens (tertiary/aromatic N) is 3. The molecule has 146 valence electrons. The molecular weight excluding hydrogens is 372 g/mol. The number of fused-ring (bicyclic) bond motifs is 2. The number of ether oxygens (including phenoxy) is 1. The van der Waals surface area contributed by atoms with Gasteiger partial charge >= 0.3 is 11.7 Å². The first-order chi connectivity index (χ1) is 14.0. The van der Waals surface area contributed by atoms with Crippen molar-refractivity contribution in [3.8, 4) is 0 Å². The van der Waals surface area contributed by atoms with E-state index in [4.69, 9.17) is 4.74 Å². The average molecular weight is 390 g/mol. The number of para-hydroxylation sites is 2. The first-order valence-corrected chi connectivity index (χ1v) is 8.97. The molecule has 0 bridgehead atoms. The molecule has 2 heterocycles. The predicted octanol–water partition coefficient (Wildman–Crippen LogP) is 2.26. The van der Waals surface area contributed by atoms with Gasteiger partial charge in [-0.25, -0.2) is 9.59 Å². The molecule has 29 heavy (non-hydrogen) atoms. The summed E-state index contributed by atoms with van der Waals surface area (Å²) in [6.45, 7) is 1.73. The van der Waals surface area contributed by atoms with Gasteiger partial charge < -0.3 is 14.3 Å². The van der Waals surface area contributed by atoms with Crippen LogP contribution in [-0.2, 0) is 9.53 Å². The summed E-state index contributed by atoms with van der Waals surface area (Å²) >= 11 is 0. The molecule has 0 aliphatic rings. The number of hydrogen-bond acceptors (Lipinski definition) is 5. The third kappa shape index (κ3) is 3.14. The minimum atomic E-state index is -0.628. The topological polar surface area (TPSA) is 98.4 Å². The fourth-order valence-corrected chi connectivity index (χ4v) is 3.32. The summed E-state index contributed by atoms with van der Waals surface area (Å²) in [4.78, 5) is 39.6. The Labute approximate surface area is 164 Å². The maximum atomic E-state index is 12.6. The Hall–Kier alpha value is -3.94. The van der Waals surface area contributed by atoms with E-state index < -0.39 is 17.3 Å². The molecule has 4 rings (SSSR count). The lowest BCUT2D eigenvalue weighted by Crippen LogP contribution is -2.32. The van der Waals surface area contributed by atoms with E-state index in [0.29, 0.717) is 16.5 Å². The van der Waals surface area contributed by atoms with E-state index in [2.05, 4.69) is 10.1 Å². The predicted molar refractivity (Wildman–Crippen MR) is 110 cm³/mol. The van der Waals surface area contributed by atoms with Crippen molar-refractivity contribution in [2.24, 2.45) is 5.10 Å². The van der Waals surface area contributed by atoms with E-state index in [0.717, 1.165) is 15.6 Å². The van der Waals surface area contributed by atoms with Gasteiger partial charge in [0.2, 0.25) is 0 Å². The summed E-state index contributed by atoms with van der Waals surface area (Å²) in [7, 11) is 1.34. The fourth-order valence-electron chi connectivity index (χ4n) is 3.32. The Morgan fingerprint density at radius 1 is 1.10 bits per heavy atom. The molecule has 0 radical (unpaired) electrons. The highest BCUT2D eigenvalue weighted by Crippen LogP contribution is 2.24. The van der Waals surface area contributed by atoms with Crippen molar-refractivity contribution in [1.29, 1.82) is 0 Å². The number of esters is 1. The largest absolute Gasteiger partial charge is 0.467 e. The fraction of sp³-hybridized carbons (Fsp3) is 0.143. The monoisotopic (exact) mass is 390 g/mol. The summed E-state index contributed by atoms with van der Waals surface area (Å²) in [5.74, 6) is -0.378. The van der Waals surface area contributed by atoms with Crippen LogP contribution < -0.4 is 11.2 Å². The van der Waals surface area contributed by atoms with Crippen LogP contribution in [0, 0.1) is 0 Å². The van der Waals surface area contributed by atoms with Crippen LogP contribution in [0.15, 0.2) is 69.4 Å². The van der Waals surface area contributed by atoms with Crippen LogP contribution in [0.3, 0.4) is 0 Å². The Kier molecular flexibility index (Phi) is 4.59. The Balaban J connectivity index is 1.84. The van der Waals surface area contributed by atoms with E-state index in [9.17, 15) is 14.4 Å². The Morgan fingerprint density at radius 2 is 1.79 bits per heavy atom. The molecule has 2 aromatic carbocycles. The summed E-state index contributed by atoms with van der Waals surface area (Å²) in [6.07, 6.45) is 3.18. The molecule has 0 aliphatic carbocycles. The quantitative estimate of drug-likeness (QED) is 0.427. The van der Waals surface area contributed by atoms with Gasteiger partial charge in [-0.2, -0.15) is 5.10 Å². The number of H-pyrrole nitrogens is 1. The lowest BCUT2D eigenvalue weighted by atomic mass is 10.2. The summed E-state index contributed by atoms with van der Waals surface area (Å²) in [6, 6.07) is 13.7. The SMILES string of the molecule is COC(=O)[C@@H](C)n1cc(C=Nn2c(=O)[nH]c3ccccc3c2=O)c2ccccc21. The highest BCUT2D eigenvalue weighted by atomic mass is 16.5. The third-order valence-electron chi connectivity index (χ3n) is 4.83. The normalized spacial score (nSPS) is 12.6. The number of aromatic nitrogens is 3. The number of aromatic amines is 1. The van der Waals surface area contributed by atoms with E-state index in [1.807, 2.05) is 24.3 Å². The molecule has 0 fully saturated rings. The van der Waals surface area contributed by atoms with Gasteiger partial charge in [0, 0.05) is 22.7 Å². The number of methoxy groups -OCH3 is 1. The minimum absolute atomic E-state index is 0.367. The van der Waals surface area contributed by atoms with Crippen molar-refractivity contribution in [3.63, 3.8) is 0 Å². The second-order valence-corrected chi connectivity index (χ2v) is 6.55. The smallest absolute Gasteiger partial charge is 0.349 e. The van der Waals surface area contributed by atoms with Crippen LogP contribution >= 0.6 is 0 Å². The van der Waals surface area contributed by atoms with Crippen molar-refractivity contribution >= 4 is 34.0 Å². The zero-order chi connectivity index (χ0) is 20.5. The number of rotatable bonds is 4. The number of benzene rings is 2. The molecule has 0 spiro atoms. The average Bonchev–Trinajstić information content (AvgIpc) is 3.11. The van der Waals surface area contributed by atoms with Crippen LogP contribution in [-0.4, -0.2) is 33.5 Å². The van der Waals surface area contributed by atoms with Crippen LogP contribution in [0.25, 0.3) is 21.8 Å². The standard InChI is InChI=1S/C21H18N4O4/c1-13(20(27)29-2)24-12-14(15-7-4-6-10-18(15)24)11-22-25-19(26)16-8-3-5-9-17(16)23-21(25)28/h3-13H,1-2H3,(H,23,28)/t13-/m1/s1. The summed E-state index contributed by atoms with van der Waals surface area (Å²) in [5, 5.41) is 5.32. The molecule has 0 unspecified atom stereocenters. The summed E-state index contributed by atoms with van der Waals surface area (Å²) in [5.41, 5.74) is 0.795. The van der Waals surface area contributed by atoms with Gasteiger partial charge in [-0.1, -0.05) is 30.3 Å². The third-order valence-corrected chi connectivity index (χ3v) is 4.83. The van der Waals surface area contributed by atoms with Crippen LogP contribution in [0.4, 0.5) is 0 Å². The van der Waals surface area contributed by atoms with Gasteiger partial charge in [-0.3, -0.25) is 4.79 Å². The molecule has 0 amide bonds. The van der Waals surface area contributed by atoms with Crippen LogP contribution in [0.1, 0.15) is 18.5 Å². The van der Waals surface area contributed by atoms with Gasteiger partial charge in [0.25, 0.3) is 5.56 Å². The van der Waals surface area contributed by atoms with Crippen LogP contribution in [0.2, 0.25) is 0 Å². The van der Waals surface area contributed by atoms with Gasteiger partial charge in [0.15, 0.2) is 0 Å². The molecule has 8 nitrogen and oxygen atoms in total. The maximum Gasteiger partial charge on any atom is 0.349 e.